The number of carbonyl (C=O) groups is 2. The van der Waals surface area contributed by atoms with Gasteiger partial charge in [-0.05, 0) is 32.4 Å². The Kier molecular flexibility index (Phi) is 12.2. The minimum Gasteiger partial charge on any atom is -0.466 e. The van der Waals surface area contributed by atoms with Crippen molar-refractivity contribution in [3.63, 3.8) is 0 Å². The number of dihydropyridines is 1. The van der Waals surface area contributed by atoms with E-state index < -0.39 is 28.0 Å². The zero-order valence-electron chi connectivity index (χ0n) is 19.6. The molecule has 10 nitrogen and oxygen atoms in total. The topological polar surface area (TPSA) is 154 Å². The molecule has 0 fully saturated rings. The van der Waals surface area contributed by atoms with E-state index in [1.807, 2.05) is 0 Å². The van der Waals surface area contributed by atoms with Crippen LogP contribution in [-0.2, 0) is 33.9 Å². The standard InChI is InChI=1S/C20H25ClN2O5.C2H6O3S/c1-4-28-20(25)18-15(11-27-10-9-22)23-12(2)16(19(24)26-3)17(18)13-7-5-6-8-14(13)21;1-2-6(3,4)5/h5-8,17,23H,4,9-11,22H2,1-3H3;2H2,1H3,(H,3,4,5). The van der Waals surface area contributed by atoms with E-state index in [-0.39, 0.29) is 24.5 Å². The first-order chi connectivity index (χ1) is 16.0. The van der Waals surface area contributed by atoms with Crippen LogP contribution in [0.5, 0.6) is 0 Å². The molecule has 12 heteroatoms. The monoisotopic (exact) mass is 518 g/mol. The van der Waals surface area contributed by atoms with Gasteiger partial charge in [0.1, 0.15) is 0 Å². The SMILES string of the molecule is CCOC(=O)C1=C(COCCN)NC(C)=C(C(=O)OC)C1c1ccccc1Cl.CCS(=O)(=O)O. The first-order valence-corrected chi connectivity index (χ1v) is 12.4. The smallest absolute Gasteiger partial charge is 0.336 e. The molecule has 0 radical (unpaired) electrons. The quantitative estimate of drug-likeness (QED) is 0.251. The van der Waals surface area contributed by atoms with E-state index in [1.54, 1.807) is 38.1 Å². The summed E-state index contributed by atoms with van der Waals surface area (Å²) in [6, 6.07) is 7.05. The van der Waals surface area contributed by atoms with Gasteiger partial charge in [-0.1, -0.05) is 29.8 Å². The second-order valence-corrected chi connectivity index (χ2v) is 9.08. The number of rotatable bonds is 9. The molecule has 1 aromatic rings. The van der Waals surface area contributed by atoms with Crippen molar-refractivity contribution in [2.75, 3.05) is 39.2 Å². The number of nitrogens with one attached hydrogen (secondary N) is 1. The molecule has 2 rings (SSSR count). The molecule has 0 spiro atoms. The second-order valence-electron chi connectivity index (χ2n) is 6.93. The summed E-state index contributed by atoms with van der Waals surface area (Å²) < 4.78 is 42.7. The maximum absolute atomic E-state index is 12.9. The molecule has 1 aliphatic heterocycles. The Morgan fingerprint density at radius 1 is 1.18 bits per heavy atom. The van der Waals surface area contributed by atoms with Gasteiger partial charge in [-0.3, -0.25) is 4.55 Å². The molecule has 1 heterocycles. The van der Waals surface area contributed by atoms with Crippen molar-refractivity contribution < 1.29 is 36.8 Å². The van der Waals surface area contributed by atoms with Crippen LogP contribution in [0.1, 0.15) is 32.3 Å². The van der Waals surface area contributed by atoms with Gasteiger partial charge in [0.15, 0.2) is 0 Å². The Bertz CT molecular complexity index is 1040. The molecule has 0 aliphatic carbocycles. The number of nitrogens with two attached hydrogens (primary N) is 1. The first kappa shape index (κ1) is 29.6. The zero-order chi connectivity index (χ0) is 25.9. The number of benzene rings is 1. The van der Waals surface area contributed by atoms with Gasteiger partial charge in [0.25, 0.3) is 10.1 Å². The highest BCUT2D eigenvalue weighted by Crippen LogP contribution is 2.41. The molecule has 1 atom stereocenters. The largest absolute Gasteiger partial charge is 0.466 e. The summed E-state index contributed by atoms with van der Waals surface area (Å²) in [5, 5.41) is 3.52. The Labute approximate surface area is 204 Å². The molecular weight excluding hydrogens is 488 g/mol. The lowest BCUT2D eigenvalue weighted by atomic mass is 9.80. The summed E-state index contributed by atoms with van der Waals surface area (Å²) in [5.74, 6) is -2.07. The van der Waals surface area contributed by atoms with E-state index in [2.05, 4.69) is 5.32 Å². The number of allylic oxidation sites excluding steroid dienone is 1. The fraction of sp³-hybridized carbons (Fsp3) is 0.455. The van der Waals surface area contributed by atoms with Gasteiger partial charge in [-0.2, -0.15) is 8.42 Å². The molecular formula is C22H31ClN2O8S. The molecule has 1 aliphatic rings. The van der Waals surface area contributed by atoms with Crippen molar-refractivity contribution in [2.45, 2.75) is 26.7 Å². The first-order valence-electron chi connectivity index (χ1n) is 10.5. The third kappa shape index (κ3) is 8.41. The maximum Gasteiger partial charge on any atom is 0.336 e. The van der Waals surface area contributed by atoms with E-state index in [4.69, 9.17) is 36.1 Å². The van der Waals surface area contributed by atoms with Gasteiger partial charge < -0.3 is 25.3 Å². The van der Waals surface area contributed by atoms with Crippen LogP contribution in [0, 0.1) is 0 Å². The molecule has 1 unspecified atom stereocenters. The van der Waals surface area contributed by atoms with Crippen LogP contribution in [0.3, 0.4) is 0 Å². The summed E-state index contributed by atoms with van der Waals surface area (Å²) in [6.07, 6.45) is 0. The highest BCUT2D eigenvalue weighted by Gasteiger charge is 2.39. The predicted octanol–water partition coefficient (Wildman–Crippen LogP) is 2.16. The molecule has 34 heavy (non-hydrogen) atoms. The van der Waals surface area contributed by atoms with Crippen molar-refractivity contribution in [1.82, 2.24) is 5.32 Å². The second kappa shape index (κ2) is 14.1. The number of esters is 2. The van der Waals surface area contributed by atoms with Crippen molar-refractivity contribution in [3.05, 3.63) is 57.4 Å². The van der Waals surface area contributed by atoms with Crippen LogP contribution in [0.25, 0.3) is 0 Å². The number of ether oxygens (including phenoxy) is 3. The predicted molar refractivity (Wildman–Crippen MR) is 128 cm³/mol. The lowest BCUT2D eigenvalue weighted by Gasteiger charge is -2.31. The zero-order valence-corrected chi connectivity index (χ0v) is 21.2. The van der Waals surface area contributed by atoms with Crippen LogP contribution in [0.15, 0.2) is 46.8 Å². The lowest BCUT2D eigenvalue weighted by molar-refractivity contribution is -0.139. The highest BCUT2D eigenvalue weighted by atomic mass is 35.5. The van der Waals surface area contributed by atoms with Crippen molar-refractivity contribution >= 4 is 33.7 Å². The summed E-state index contributed by atoms with van der Waals surface area (Å²) in [5.41, 5.74) is 7.70. The Morgan fingerprint density at radius 3 is 2.29 bits per heavy atom. The normalized spacial score (nSPS) is 15.8. The summed E-state index contributed by atoms with van der Waals surface area (Å²) in [7, 11) is -2.37. The molecule has 1 aromatic carbocycles. The van der Waals surface area contributed by atoms with E-state index in [1.165, 1.54) is 14.0 Å². The average molecular weight is 519 g/mol. The highest BCUT2D eigenvalue weighted by molar-refractivity contribution is 7.85. The average Bonchev–Trinajstić information content (AvgIpc) is 2.78. The van der Waals surface area contributed by atoms with Gasteiger partial charge >= 0.3 is 11.9 Å². The van der Waals surface area contributed by atoms with E-state index in [0.717, 1.165) is 0 Å². The van der Waals surface area contributed by atoms with Crippen LogP contribution in [0.2, 0.25) is 5.02 Å². The molecule has 0 saturated carbocycles. The number of methoxy groups -OCH3 is 1. The van der Waals surface area contributed by atoms with Gasteiger partial charge in [-0.25, -0.2) is 9.59 Å². The van der Waals surface area contributed by atoms with Crippen LogP contribution < -0.4 is 11.1 Å². The Balaban J connectivity index is 0.000000852. The summed E-state index contributed by atoms with van der Waals surface area (Å²) >= 11 is 6.42. The molecule has 0 amide bonds. The van der Waals surface area contributed by atoms with Gasteiger partial charge in [-0.15, -0.1) is 0 Å². The van der Waals surface area contributed by atoms with Gasteiger partial charge in [0, 0.05) is 17.3 Å². The fourth-order valence-corrected chi connectivity index (χ4v) is 3.36. The van der Waals surface area contributed by atoms with Crippen molar-refractivity contribution in [3.8, 4) is 0 Å². The minimum atomic E-state index is -3.66. The number of carbonyl (C=O) groups excluding carboxylic acids is 2. The maximum atomic E-state index is 12.9. The summed E-state index contributed by atoms with van der Waals surface area (Å²) in [4.78, 5) is 25.5. The summed E-state index contributed by atoms with van der Waals surface area (Å²) in [6.45, 7) is 5.79. The van der Waals surface area contributed by atoms with E-state index >= 15 is 0 Å². The van der Waals surface area contributed by atoms with Gasteiger partial charge in [0.05, 0.1) is 55.4 Å². The van der Waals surface area contributed by atoms with Crippen LogP contribution in [-0.4, -0.2) is 64.1 Å². The third-order valence-corrected chi connectivity index (χ3v) is 5.71. The van der Waals surface area contributed by atoms with Crippen molar-refractivity contribution in [1.29, 1.82) is 0 Å². The minimum absolute atomic E-state index is 0.109. The van der Waals surface area contributed by atoms with Gasteiger partial charge in [0.2, 0.25) is 0 Å². The number of halogens is 1. The fourth-order valence-electron chi connectivity index (χ4n) is 3.12. The number of hydrogen-bond acceptors (Lipinski definition) is 9. The van der Waals surface area contributed by atoms with Crippen LogP contribution in [0.4, 0.5) is 0 Å². The van der Waals surface area contributed by atoms with E-state index in [9.17, 15) is 18.0 Å². The molecule has 0 saturated heterocycles. The van der Waals surface area contributed by atoms with Crippen LogP contribution >= 0.6 is 11.6 Å². The number of hydrogen-bond donors (Lipinski definition) is 3. The Hall–Kier alpha value is -2.44. The molecule has 0 aromatic heterocycles. The molecule has 0 bridgehead atoms. The molecule has 4 N–H and O–H groups in total. The van der Waals surface area contributed by atoms with Crippen molar-refractivity contribution in [2.24, 2.45) is 5.73 Å². The third-order valence-electron chi connectivity index (χ3n) is 4.64. The molecule has 190 valence electrons. The Morgan fingerprint density at radius 2 is 1.79 bits per heavy atom. The van der Waals surface area contributed by atoms with E-state index in [0.29, 0.717) is 40.7 Å². The lowest BCUT2D eigenvalue weighted by Crippen LogP contribution is -2.35.